The molecule has 0 spiro atoms. The van der Waals surface area contributed by atoms with Gasteiger partial charge in [-0.25, -0.2) is 4.98 Å². The van der Waals surface area contributed by atoms with Crippen LogP contribution in [-0.2, 0) is 0 Å². The van der Waals surface area contributed by atoms with Crippen LogP contribution >= 0.6 is 11.6 Å². The van der Waals surface area contributed by atoms with Crippen LogP contribution < -0.4 is 10.1 Å². The summed E-state index contributed by atoms with van der Waals surface area (Å²) in [5, 5.41) is 5.11. The molecule has 112 valence electrons. The molecule has 0 bridgehead atoms. The molecule has 0 saturated heterocycles. The van der Waals surface area contributed by atoms with Crippen LogP contribution in [0.3, 0.4) is 0 Å². The van der Waals surface area contributed by atoms with Gasteiger partial charge < -0.3 is 10.1 Å². The lowest BCUT2D eigenvalue weighted by atomic mass is 10.1. The lowest BCUT2D eigenvalue weighted by molar-refractivity contribution is 0.417. The van der Waals surface area contributed by atoms with E-state index in [1.54, 1.807) is 13.2 Å². The summed E-state index contributed by atoms with van der Waals surface area (Å²) in [7, 11) is 1.64. The predicted octanol–water partition coefficient (Wildman–Crippen LogP) is 5.26. The first-order valence-corrected chi connectivity index (χ1v) is 7.43. The minimum Gasteiger partial charge on any atom is -0.495 e. The minimum atomic E-state index is 0.651. The number of hydrogen-bond acceptors (Lipinski definition) is 3. The molecule has 4 heteroatoms. The average Bonchev–Trinajstić information content (AvgIpc) is 2.49. The molecule has 0 aliphatic carbocycles. The topological polar surface area (TPSA) is 34.1 Å². The molecule has 1 heterocycles. The van der Waals surface area contributed by atoms with E-state index >= 15 is 0 Å². The van der Waals surface area contributed by atoms with Gasteiger partial charge in [-0.1, -0.05) is 23.7 Å². The Hall–Kier alpha value is -2.26. The fourth-order valence-electron chi connectivity index (χ4n) is 2.41. The van der Waals surface area contributed by atoms with Crippen LogP contribution in [0, 0.1) is 13.8 Å². The van der Waals surface area contributed by atoms with E-state index in [9.17, 15) is 0 Å². The van der Waals surface area contributed by atoms with E-state index in [0.717, 1.165) is 33.7 Å². The fraction of sp³-hybridized carbons (Fsp3) is 0.167. The van der Waals surface area contributed by atoms with Gasteiger partial charge in [0.05, 0.1) is 18.3 Å². The quantitative estimate of drug-likeness (QED) is 0.716. The predicted molar refractivity (Wildman–Crippen MR) is 92.5 cm³/mol. The van der Waals surface area contributed by atoms with E-state index in [2.05, 4.69) is 36.5 Å². The van der Waals surface area contributed by atoms with Crippen LogP contribution in [0.15, 0.2) is 42.5 Å². The maximum absolute atomic E-state index is 6.08. The smallest absolute Gasteiger partial charge is 0.142 e. The minimum absolute atomic E-state index is 0.651. The molecule has 0 saturated carbocycles. The molecule has 3 nitrogen and oxygen atoms in total. The number of rotatable bonds is 3. The molecule has 0 unspecified atom stereocenters. The van der Waals surface area contributed by atoms with Crippen molar-refractivity contribution in [1.82, 2.24) is 4.98 Å². The van der Waals surface area contributed by atoms with E-state index < -0.39 is 0 Å². The second kappa shape index (κ2) is 5.85. The number of pyridine rings is 1. The second-order valence-corrected chi connectivity index (χ2v) is 5.76. The van der Waals surface area contributed by atoms with Gasteiger partial charge in [-0.2, -0.15) is 0 Å². The zero-order chi connectivity index (χ0) is 15.7. The number of nitrogens with one attached hydrogen (secondary N) is 1. The molecule has 0 fully saturated rings. The molecule has 0 aliphatic heterocycles. The summed E-state index contributed by atoms with van der Waals surface area (Å²) in [6.07, 6.45) is 0. The molecule has 1 N–H and O–H groups in total. The van der Waals surface area contributed by atoms with Crippen molar-refractivity contribution in [2.24, 2.45) is 0 Å². The van der Waals surface area contributed by atoms with Crippen molar-refractivity contribution in [3.63, 3.8) is 0 Å². The highest BCUT2D eigenvalue weighted by atomic mass is 35.5. The molecular weight excluding hydrogens is 296 g/mol. The first-order valence-electron chi connectivity index (χ1n) is 7.05. The summed E-state index contributed by atoms with van der Waals surface area (Å²) in [5.41, 5.74) is 4.03. The summed E-state index contributed by atoms with van der Waals surface area (Å²) >= 11 is 6.08. The zero-order valence-electron chi connectivity index (χ0n) is 12.8. The Morgan fingerprint density at radius 2 is 1.86 bits per heavy atom. The number of aromatic nitrogens is 1. The SMILES string of the molecule is COc1ccc(Cl)cc1Nc1nc2cc(C)ccc2cc1C. The van der Waals surface area contributed by atoms with Crippen molar-refractivity contribution < 1.29 is 4.74 Å². The van der Waals surface area contributed by atoms with Crippen molar-refractivity contribution in [1.29, 1.82) is 0 Å². The van der Waals surface area contributed by atoms with Gasteiger partial charge in [0.2, 0.25) is 0 Å². The fourth-order valence-corrected chi connectivity index (χ4v) is 2.59. The average molecular weight is 313 g/mol. The third-order valence-corrected chi connectivity index (χ3v) is 3.81. The first kappa shape index (κ1) is 14.7. The maximum atomic E-state index is 6.08. The molecule has 0 radical (unpaired) electrons. The molecule has 22 heavy (non-hydrogen) atoms. The Kier molecular flexibility index (Phi) is 3.90. The molecule has 0 amide bonds. The van der Waals surface area contributed by atoms with Crippen LogP contribution in [0.4, 0.5) is 11.5 Å². The normalized spacial score (nSPS) is 10.7. The number of nitrogens with zero attached hydrogens (tertiary/aromatic N) is 1. The zero-order valence-corrected chi connectivity index (χ0v) is 13.5. The van der Waals surface area contributed by atoms with Gasteiger partial charge >= 0.3 is 0 Å². The highest BCUT2D eigenvalue weighted by Crippen LogP contribution is 2.31. The van der Waals surface area contributed by atoms with E-state index in [0.29, 0.717) is 5.02 Å². The van der Waals surface area contributed by atoms with Crippen molar-refractivity contribution in [2.45, 2.75) is 13.8 Å². The standard InChI is InChI=1S/C18H17ClN2O/c1-11-4-5-13-9-12(2)18(20-15(13)8-11)21-16-10-14(19)6-7-17(16)22-3/h4-10H,1-3H3,(H,20,21). The van der Waals surface area contributed by atoms with Crippen molar-refractivity contribution in [3.05, 3.63) is 58.6 Å². The second-order valence-electron chi connectivity index (χ2n) is 5.32. The van der Waals surface area contributed by atoms with Crippen LogP contribution in [0.2, 0.25) is 5.02 Å². The monoisotopic (exact) mass is 312 g/mol. The van der Waals surface area contributed by atoms with E-state index in [4.69, 9.17) is 21.3 Å². The highest BCUT2D eigenvalue weighted by molar-refractivity contribution is 6.31. The van der Waals surface area contributed by atoms with Gasteiger partial charge in [0.1, 0.15) is 11.6 Å². The van der Waals surface area contributed by atoms with Gasteiger partial charge in [-0.05, 0) is 55.3 Å². The van der Waals surface area contributed by atoms with Crippen LogP contribution in [0.5, 0.6) is 5.75 Å². The Balaban J connectivity index is 2.07. The Bertz CT molecular complexity index is 846. The molecule has 3 aromatic rings. The number of hydrogen-bond donors (Lipinski definition) is 1. The molecule has 3 rings (SSSR count). The Morgan fingerprint density at radius 1 is 1.05 bits per heavy atom. The van der Waals surface area contributed by atoms with Crippen LogP contribution in [0.25, 0.3) is 10.9 Å². The van der Waals surface area contributed by atoms with Crippen LogP contribution in [-0.4, -0.2) is 12.1 Å². The number of anilines is 2. The number of fused-ring (bicyclic) bond motifs is 1. The third-order valence-electron chi connectivity index (χ3n) is 3.58. The van der Waals surface area contributed by atoms with Gasteiger partial charge in [0.15, 0.2) is 0 Å². The molecule has 1 aromatic heterocycles. The van der Waals surface area contributed by atoms with Gasteiger partial charge in [0.25, 0.3) is 0 Å². The number of aryl methyl sites for hydroxylation is 2. The van der Waals surface area contributed by atoms with Gasteiger partial charge in [-0.3, -0.25) is 0 Å². The molecule has 0 atom stereocenters. The van der Waals surface area contributed by atoms with Crippen molar-refractivity contribution in [3.8, 4) is 5.75 Å². The largest absolute Gasteiger partial charge is 0.495 e. The van der Waals surface area contributed by atoms with E-state index in [1.807, 2.05) is 19.1 Å². The third kappa shape index (κ3) is 2.85. The van der Waals surface area contributed by atoms with Gasteiger partial charge in [-0.15, -0.1) is 0 Å². The van der Waals surface area contributed by atoms with E-state index in [-0.39, 0.29) is 0 Å². The van der Waals surface area contributed by atoms with E-state index in [1.165, 1.54) is 5.56 Å². The maximum Gasteiger partial charge on any atom is 0.142 e. The lowest BCUT2D eigenvalue weighted by Gasteiger charge is -2.13. The summed E-state index contributed by atoms with van der Waals surface area (Å²) in [6, 6.07) is 13.9. The number of benzene rings is 2. The summed E-state index contributed by atoms with van der Waals surface area (Å²) < 4.78 is 5.37. The van der Waals surface area contributed by atoms with Gasteiger partial charge in [0, 0.05) is 10.4 Å². The molecule has 2 aromatic carbocycles. The summed E-state index contributed by atoms with van der Waals surface area (Å²) in [4.78, 5) is 4.73. The van der Waals surface area contributed by atoms with Crippen molar-refractivity contribution >= 4 is 34.0 Å². The molecular formula is C18H17ClN2O. The summed E-state index contributed by atoms with van der Waals surface area (Å²) in [5.74, 6) is 1.54. The summed E-state index contributed by atoms with van der Waals surface area (Å²) in [6.45, 7) is 4.10. The Labute approximate surface area is 134 Å². The number of methoxy groups -OCH3 is 1. The van der Waals surface area contributed by atoms with Crippen molar-refractivity contribution in [2.75, 3.05) is 12.4 Å². The first-order chi connectivity index (χ1) is 10.6. The highest BCUT2D eigenvalue weighted by Gasteiger charge is 2.08. The van der Waals surface area contributed by atoms with Crippen LogP contribution in [0.1, 0.15) is 11.1 Å². The Morgan fingerprint density at radius 3 is 2.64 bits per heavy atom. The molecule has 0 aliphatic rings. The lowest BCUT2D eigenvalue weighted by Crippen LogP contribution is -1.99. The number of ether oxygens (including phenoxy) is 1. The number of halogens is 1.